The summed E-state index contributed by atoms with van der Waals surface area (Å²) in [5, 5.41) is 17.9. The third-order valence-corrected chi connectivity index (χ3v) is 7.78. The third kappa shape index (κ3) is 5.96. The summed E-state index contributed by atoms with van der Waals surface area (Å²) in [6.45, 7) is 0. The number of rotatable bonds is 2. The lowest BCUT2D eigenvalue weighted by Crippen LogP contribution is -2.31. The zero-order chi connectivity index (χ0) is 18.5. The highest BCUT2D eigenvalue weighted by atomic mass is 16.4. The zero-order valence-corrected chi connectivity index (χ0v) is 16.1. The molecule has 0 aliphatic heterocycles. The van der Waals surface area contributed by atoms with Crippen molar-refractivity contribution < 1.29 is 19.8 Å². The minimum Gasteiger partial charge on any atom is -0.481 e. The Morgan fingerprint density at radius 2 is 0.852 bits per heavy atom. The first-order valence-electron chi connectivity index (χ1n) is 11.0. The van der Waals surface area contributed by atoms with Crippen LogP contribution in [0.2, 0.25) is 0 Å². The average Bonchev–Trinajstić information content (AvgIpc) is 2.67. The second kappa shape index (κ2) is 10.5. The highest BCUT2D eigenvalue weighted by Crippen LogP contribution is 2.43. The molecule has 4 fully saturated rings. The molecule has 27 heavy (non-hydrogen) atoms. The van der Waals surface area contributed by atoms with Crippen LogP contribution in [0.3, 0.4) is 0 Å². The van der Waals surface area contributed by atoms with Crippen molar-refractivity contribution in [3.63, 3.8) is 0 Å². The first kappa shape index (κ1) is 22.2. The van der Waals surface area contributed by atoms with E-state index >= 15 is 0 Å². The maximum Gasteiger partial charge on any atom is 0.306 e. The smallest absolute Gasteiger partial charge is 0.306 e. The standard InChI is InChI=1S/2C11H18O2.CH4/c2*12-11(13)10-6-5-8-3-1-2-4-9(8)7-10;/h2*8-10H,1-7H2,(H,12,13);1H4/t8-,9+,10+;8-,9+,10-;/m01./s1. The summed E-state index contributed by atoms with van der Waals surface area (Å²) >= 11 is 0. The van der Waals surface area contributed by atoms with Crippen molar-refractivity contribution >= 4 is 11.9 Å². The highest BCUT2D eigenvalue weighted by molar-refractivity contribution is 5.70. The van der Waals surface area contributed by atoms with Crippen molar-refractivity contribution in [2.75, 3.05) is 0 Å². The number of hydrogen-bond donors (Lipinski definition) is 2. The SMILES string of the molecule is C.O=C(O)[C@@H]1CC[C@@H]2CCCC[C@@H]2C1.O=C(O)[C@@H]1CC[C@H]2CCCC[C@H]2C1. The fraction of sp³-hybridized carbons (Fsp3) is 0.913. The molecule has 4 saturated carbocycles. The van der Waals surface area contributed by atoms with Crippen LogP contribution in [0.15, 0.2) is 0 Å². The summed E-state index contributed by atoms with van der Waals surface area (Å²) in [6.07, 6.45) is 16.8. The summed E-state index contributed by atoms with van der Waals surface area (Å²) in [5.74, 6) is 2.02. The highest BCUT2D eigenvalue weighted by Gasteiger charge is 2.35. The predicted molar refractivity (Wildman–Crippen MR) is 108 cm³/mol. The van der Waals surface area contributed by atoms with E-state index in [2.05, 4.69) is 0 Å². The number of fused-ring (bicyclic) bond motifs is 2. The molecular weight excluding hydrogens is 340 g/mol. The van der Waals surface area contributed by atoms with Crippen LogP contribution in [0.25, 0.3) is 0 Å². The van der Waals surface area contributed by atoms with Crippen molar-refractivity contribution in [1.29, 1.82) is 0 Å². The van der Waals surface area contributed by atoms with E-state index in [9.17, 15) is 9.59 Å². The number of carbonyl (C=O) groups is 2. The van der Waals surface area contributed by atoms with Gasteiger partial charge in [-0.1, -0.05) is 58.8 Å². The molecule has 0 radical (unpaired) electrons. The Balaban J connectivity index is 0.000000187. The molecule has 4 nitrogen and oxygen atoms in total. The second-order valence-corrected chi connectivity index (χ2v) is 9.31. The van der Waals surface area contributed by atoms with Gasteiger partial charge in [-0.2, -0.15) is 0 Å². The predicted octanol–water partition coefficient (Wildman–Crippen LogP) is 5.99. The van der Waals surface area contributed by atoms with Gasteiger partial charge in [-0.05, 0) is 62.2 Å². The van der Waals surface area contributed by atoms with Gasteiger partial charge in [0, 0.05) is 0 Å². The third-order valence-electron chi connectivity index (χ3n) is 7.78. The van der Waals surface area contributed by atoms with Gasteiger partial charge in [-0.25, -0.2) is 0 Å². The monoisotopic (exact) mass is 380 g/mol. The molecule has 0 aromatic carbocycles. The van der Waals surface area contributed by atoms with Gasteiger partial charge in [0.05, 0.1) is 11.8 Å². The fourth-order valence-electron chi connectivity index (χ4n) is 6.20. The molecule has 0 spiro atoms. The van der Waals surface area contributed by atoms with E-state index in [1.165, 1.54) is 64.2 Å². The number of aliphatic carboxylic acids is 2. The summed E-state index contributed by atoms with van der Waals surface area (Å²) in [6, 6.07) is 0. The Labute approximate surface area is 165 Å². The normalized spacial score (nSPS) is 38.1. The van der Waals surface area contributed by atoms with E-state index in [1.54, 1.807) is 0 Å². The molecule has 4 heteroatoms. The molecule has 2 N–H and O–H groups in total. The van der Waals surface area contributed by atoms with E-state index < -0.39 is 11.9 Å². The summed E-state index contributed by atoms with van der Waals surface area (Å²) in [7, 11) is 0. The van der Waals surface area contributed by atoms with Crippen LogP contribution in [0.5, 0.6) is 0 Å². The maximum absolute atomic E-state index is 10.8. The largest absolute Gasteiger partial charge is 0.481 e. The Bertz CT molecular complexity index is 445. The molecule has 4 aliphatic carbocycles. The van der Waals surface area contributed by atoms with E-state index in [0.717, 1.165) is 49.4 Å². The van der Waals surface area contributed by atoms with Crippen LogP contribution in [-0.4, -0.2) is 22.2 Å². The van der Waals surface area contributed by atoms with Crippen LogP contribution >= 0.6 is 0 Å². The van der Waals surface area contributed by atoms with Gasteiger partial charge in [0.1, 0.15) is 0 Å². The zero-order valence-electron chi connectivity index (χ0n) is 16.1. The van der Waals surface area contributed by atoms with Gasteiger partial charge in [-0.15, -0.1) is 0 Å². The van der Waals surface area contributed by atoms with Crippen LogP contribution < -0.4 is 0 Å². The van der Waals surface area contributed by atoms with Gasteiger partial charge in [0.25, 0.3) is 0 Å². The Morgan fingerprint density at radius 1 is 0.519 bits per heavy atom. The quantitative estimate of drug-likeness (QED) is 0.617. The molecule has 4 aliphatic rings. The maximum atomic E-state index is 10.8. The average molecular weight is 381 g/mol. The van der Waals surface area contributed by atoms with Crippen molar-refractivity contribution in [2.24, 2.45) is 35.5 Å². The van der Waals surface area contributed by atoms with Crippen LogP contribution in [0.1, 0.15) is 97.3 Å². The molecular formula is C23H40O4. The molecule has 0 aromatic heterocycles. The Morgan fingerprint density at radius 3 is 1.19 bits per heavy atom. The van der Waals surface area contributed by atoms with E-state index in [4.69, 9.17) is 10.2 Å². The molecule has 4 rings (SSSR count). The van der Waals surface area contributed by atoms with E-state index in [0.29, 0.717) is 0 Å². The number of carboxylic acids is 2. The van der Waals surface area contributed by atoms with E-state index in [-0.39, 0.29) is 19.3 Å². The summed E-state index contributed by atoms with van der Waals surface area (Å²) < 4.78 is 0. The lowest BCUT2D eigenvalue weighted by Gasteiger charge is -2.37. The molecule has 0 aromatic rings. The van der Waals surface area contributed by atoms with E-state index in [1.807, 2.05) is 0 Å². The first-order valence-corrected chi connectivity index (χ1v) is 11.0. The molecule has 6 atom stereocenters. The van der Waals surface area contributed by atoms with Crippen LogP contribution in [-0.2, 0) is 9.59 Å². The lowest BCUT2D eigenvalue weighted by atomic mass is 9.67. The molecule has 156 valence electrons. The fourth-order valence-corrected chi connectivity index (χ4v) is 6.20. The molecule has 0 heterocycles. The summed E-state index contributed by atoms with van der Waals surface area (Å²) in [4.78, 5) is 21.7. The molecule has 0 saturated heterocycles. The second-order valence-electron chi connectivity index (χ2n) is 9.31. The lowest BCUT2D eigenvalue weighted by molar-refractivity contribution is -0.145. The number of hydrogen-bond acceptors (Lipinski definition) is 2. The molecule has 0 unspecified atom stereocenters. The molecule has 0 amide bonds. The Kier molecular flexibility index (Phi) is 8.62. The minimum atomic E-state index is -0.566. The van der Waals surface area contributed by atoms with Gasteiger partial charge in [0.15, 0.2) is 0 Å². The van der Waals surface area contributed by atoms with Crippen molar-refractivity contribution in [2.45, 2.75) is 97.3 Å². The first-order chi connectivity index (χ1) is 12.5. The van der Waals surface area contributed by atoms with Crippen LogP contribution in [0, 0.1) is 35.5 Å². The van der Waals surface area contributed by atoms with Gasteiger partial charge in [-0.3, -0.25) is 9.59 Å². The van der Waals surface area contributed by atoms with Gasteiger partial charge < -0.3 is 10.2 Å². The summed E-state index contributed by atoms with van der Waals surface area (Å²) in [5.41, 5.74) is 0. The minimum absolute atomic E-state index is 0. The van der Waals surface area contributed by atoms with Gasteiger partial charge >= 0.3 is 11.9 Å². The van der Waals surface area contributed by atoms with Crippen molar-refractivity contribution in [1.82, 2.24) is 0 Å². The topological polar surface area (TPSA) is 74.6 Å². The number of carboxylic acid groups (broad SMARTS) is 2. The molecule has 0 bridgehead atoms. The van der Waals surface area contributed by atoms with Gasteiger partial charge in [0.2, 0.25) is 0 Å². The Hall–Kier alpha value is -1.06. The van der Waals surface area contributed by atoms with Crippen molar-refractivity contribution in [3.05, 3.63) is 0 Å². The van der Waals surface area contributed by atoms with Crippen LogP contribution in [0.4, 0.5) is 0 Å². The van der Waals surface area contributed by atoms with Crippen molar-refractivity contribution in [3.8, 4) is 0 Å².